The Morgan fingerprint density at radius 1 is 1.13 bits per heavy atom. The molecule has 23 heavy (non-hydrogen) atoms. The van der Waals surface area contributed by atoms with Crippen molar-refractivity contribution >= 4 is 13.8 Å². The molecule has 0 saturated carbocycles. The van der Waals surface area contributed by atoms with E-state index >= 15 is 0 Å². The van der Waals surface area contributed by atoms with Gasteiger partial charge >= 0.3 is 0 Å². The van der Waals surface area contributed by atoms with Crippen molar-refractivity contribution in [3.05, 3.63) is 59.2 Å². The monoisotopic (exact) mass is 330 g/mol. The fourth-order valence-electron chi connectivity index (χ4n) is 3.33. The maximum Gasteiger partial charge on any atom is 0.231 e. The smallest absolute Gasteiger partial charge is 0.231 e. The first kappa shape index (κ1) is 14.5. The molecule has 2 aliphatic rings. The number of Topliss-reactive ketones (excluding diaryl/α,β-unsaturated/α-hetero) is 1. The van der Waals surface area contributed by atoms with Gasteiger partial charge in [-0.3, -0.25) is 9.36 Å². The van der Waals surface area contributed by atoms with Gasteiger partial charge in [0.25, 0.3) is 0 Å². The van der Waals surface area contributed by atoms with Gasteiger partial charge < -0.3 is 14.0 Å². The first-order valence-electron chi connectivity index (χ1n) is 7.31. The Labute approximate surface area is 134 Å². The molecule has 2 aromatic rings. The van der Waals surface area contributed by atoms with Gasteiger partial charge in [-0.15, -0.1) is 0 Å². The number of carbonyl (C=O) groups is 1. The molecule has 118 valence electrons. The van der Waals surface area contributed by atoms with E-state index in [1.165, 1.54) is 7.11 Å². The normalized spacial score (nSPS) is 22.9. The van der Waals surface area contributed by atoms with Crippen LogP contribution in [0.25, 0.3) is 0 Å². The lowest BCUT2D eigenvalue weighted by atomic mass is 9.92. The van der Waals surface area contributed by atoms with Crippen LogP contribution < -0.4 is 9.47 Å². The first-order chi connectivity index (χ1) is 11.2. The Bertz CT molecular complexity index is 802. The van der Waals surface area contributed by atoms with E-state index in [4.69, 9.17) is 14.0 Å². The Morgan fingerprint density at radius 3 is 2.52 bits per heavy atom. The van der Waals surface area contributed by atoms with Crippen LogP contribution in [0.15, 0.2) is 42.5 Å². The number of benzene rings is 2. The molecule has 4 rings (SSSR count). The molecule has 0 bridgehead atoms. The van der Waals surface area contributed by atoms with E-state index in [-0.39, 0.29) is 18.5 Å². The van der Waals surface area contributed by atoms with Crippen LogP contribution in [-0.4, -0.2) is 25.3 Å². The summed E-state index contributed by atoms with van der Waals surface area (Å²) in [4.78, 5) is 12.8. The third-order valence-corrected chi connectivity index (χ3v) is 5.88. The zero-order valence-electron chi connectivity index (χ0n) is 12.4. The van der Waals surface area contributed by atoms with Gasteiger partial charge in [0.15, 0.2) is 17.3 Å². The molecule has 3 atom stereocenters. The van der Waals surface area contributed by atoms with Crippen LogP contribution in [0.5, 0.6) is 11.5 Å². The summed E-state index contributed by atoms with van der Waals surface area (Å²) in [5, 5.41) is 0. The lowest BCUT2D eigenvalue weighted by molar-refractivity contribution is 0.0991. The molecule has 0 fully saturated rings. The van der Waals surface area contributed by atoms with Crippen molar-refractivity contribution < 1.29 is 23.4 Å². The van der Waals surface area contributed by atoms with Gasteiger partial charge in [0, 0.05) is 18.6 Å². The largest absolute Gasteiger partial charge is 0.454 e. The van der Waals surface area contributed by atoms with Crippen molar-refractivity contribution in [2.75, 3.05) is 13.9 Å². The molecule has 1 aliphatic heterocycles. The lowest BCUT2D eigenvalue weighted by Crippen LogP contribution is -2.18. The molecule has 1 heterocycles. The molecule has 0 N–H and O–H groups in total. The van der Waals surface area contributed by atoms with Crippen molar-refractivity contribution in [2.45, 2.75) is 11.6 Å². The van der Waals surface area contributed by atoms with Gasteiger partial charge in [0.05, 0.1) is 0 Å². The highest BCUT2D eigenvalue weighted by atomic mass is 31.1. The van der Waals surface area contributed by atoms with E-state index in [0.717, 1.165) is 11.1 Å². The third-order valence-electron chi connectivity index (χ3n) is 4.37. The van der Waals surface area contributed by atoms with Crippen LogP contribution in [0.1, 0.15) is 27.4 Å². The molecule has 2 aromatic carbocycles. The summed E-state index contributed by atoms with van der Waals surface area (Å²) in [7, 11) is -1.13. The quantitative estimate of drug-likeness (QED) is 0.809. The minimum atomic E-state index is -2.51. The molecule has 0 radical (unpaired) electrons. The van der Waals surface area contributed by atoms with Gasteiger partial charge in [0.1, 0.15) is 5.66 Å². The van der Waals surface area contributed by atoms with E-state index in [0.29, 0.717) is 17.1 Å². The molecular formula is C17H15O5P. The fraction of sp³-hybridized carbons (Fsp3) is 0.235. The maximum atomic E-state index is 12.8. The van der Waals surface area contributed by atoms with Crippen LogP contribution in [-0.2, 0) is 9.09 Å². The summed E-state index contributed by atoms with van der Waals surface area (Å²) in [6.45, 7) is 0.153. The SMILES string of the molecule is CO[PH](=O)C1C(=O)c2cc3c(cc2C1c1ccccc1)OCO3. The zero-order chi connectivity index (χ0) is 16.0. The minimum Gasteiger partial charge on any atom is -0.454 e. The van der Waals surface area contributed by atoms with E-state index < -0.39 is 13.7 Å². The average Bonchev–Trinajstić information content (AvgIpc) is 3.15. The van der Waals surface area contributed by atoms with E-state index in [9.17, 15) is 9.36 Å². The van der Waals surface area contributed by atoms with Crippen molar-refractivity contribution in [3.63, 3.8) is 0 Å². The standard InChI is InChI=1S/C17H15O5P/c1-20-23(19)17-15(10-5-3-2-4-6-10)11-7-13-14(22-9-21-13)8-12(11)16(17)18/h2-8,15,17,23H,9H2,1H3. The zero-order valence-corrected chi connectivity index (χ0v) is 13.4. The second-order valence-corrected chi connectivity index (χ2v) is 7.21. The number of hydrogen-bond donors (Lipinski definition) is 0. The van der Waals surface area contributed by atoms with Gasteiger partial charge in [-0.2, -0.15) is 0 Å². The Morgan fingerprint density at radius 2 is 1.83 bits per heavy atom. The molecule has 5 nitrogen and oxygen atoms in total. The summed E-state index contributed by atoms with van der Waals surface area (Å²) >= 11 is 0. The van der Waals surface area contributed by atoms with E-state index in [1.54, 1.807) is 6.07 Å². The molecule has 0 saturated heterocycles. The van der Waals surface area contributed by atoms with E-state index in [2.05, 4.69) is 0 Å². The van der Waals surface area contributed by atoms with Crippen LogP contribution in [0.4, 0.5) is 0 Å². The van der Waals surface area contributed by atoms with Crippen molar-refractivity contribution in [1.29, 1.82) is 0 Å². The lowest BCUT2D eigenvalue weighted by Gasteiger charge is -2.18. The second-order valence-electron chi connectivity index (χ2n) is 5.55. The molecule has 3 unspecified atom stereocenters. The van der Waals surface area contributed by atoms with Crippen LogP contribution in [0.3, 0.4) is 0 Å². The number of rotatable bonds is 3. The Hall–Kier alpha value is -2.10. The van der Waals surface area contributed by atoms with E-state index in [1.807, 2.05) is 36.4 Å². The van der Waals surface area contributed by atoms with Crippen molar-refractivity contribution in [1.82, 2.24) is 0 Å². The Balaban J connectivity index is 1.91. The van der Waals surface area contributed by atoms with Gasteiger partial charge in [-0.05, 0) is 23.3 Å². The van der Waals surface area contributed by atoms with Crippen molar-refractivity contribution in [3.8, 4) is 11.5 Å². The summed E-state index contributed by atoms with van der Waals surface area (Å²) in [5.74, 6) is 0.731. The highest BCUT2D eigenvalue weighted by Crippen LogP contribution is 2.52. The second kappa shape index (κ2) is 5.52. The topological polar surface area (TPSA) is 61.8 Å². The van der Waals surface area contributed by atoms with Gasteiger partial charge in [0.2, 0.25) is 14.8 Å². The summed E-state index contributed by atoms with van der Waals surface area (Å²) in [6, 6.07) is 13.1. The first-order valence-corrected chi connectivity index (χ1v) is 8.70. The number of ether oxygens (including phenoxy) is 2. The number of ketones is 1. The average molecular weight is 330 g/mol. The molecule has 6 heteroatoms. The summed E-state index contributed by atoms with van der Waals surface area (Å²) in [6.07, 6.45) is 0. The van der Waals surface area contributed by atoms with Gasteiger partial charge in [-0.1, -0.05) is 30.3 Å². The minimum absolute atomic E-state index is 0.153. The van der Waals surface area contributed by atoms with Crippen molar-refractivity contribution in [2.24, 2.45) is 0 Å². The predicted molar refractivity (Wildman–Crippen MR) is 85.0 cm³/mol. The molecular weight excluding hydrogens is 315 g/mol. The van der Waals surface area contributed by atoms with Gasteiger partial charge in [-0.25, -0.2) is 0 Å². The summed E-state index contributed by atoms with van der Waals surface area (Å²) in [5.41, 5.74) is 1.62. The number of fused-ring (bicyclic) bond motifs is 2. The highest BCUT2D eigenvalue weighted by molar-refractivity contribution is 7.41. The molecule has 1 aliphatic carbocycles. The molecule has 0 aromatic heterocycles. The van der Waals surface area contributed by atoms with Crippen LogP contribution in [0.2, 0.25) is 0 Å². The summed E-state index contributed by atoms with van der Waals surface area (Å²) < 4.78 is 28.3. The molecule has 0 amide bonds. The maximum absolute atomic E-state index is 12.8. The van der Waals surface area contributed by atoms with Crippen LogP contribution >= 0.6 is 8.03 Å². The molecule has 0 spiro atoms. The highest BCUT2D eigenvalue weighted by Gasteiger charge is 2.45. The number of hydrogen-bond acceptors (Lipinski definition) is 5. The number of carbonyl (C=O) groups excluding carboxylic acids is 1. The fourth-order valence-corrected chi connectivity index (χ4v) is 4.60. The van der Waals surface area contributed by atoms with Crippen LogP contribution in [0, 0.1) is 0 Å². The Kier molecular flexibility index (Phi) is 3.47. The predicted octanol–water partition coefficient (Wildman–Crippen LogP) is 3.23. The third kappa shape index (κ3) is 2.19.